The summed E-state index contributed by atoms with van der Waals surface area (Å²) in [4.78, 5) is 24.8. The number of Topliss-reactive ketones (excluding diaryl/α,β-unsaturated/α-hetero) is 1. The van der Waals surface area contributed by atoms with Crippen LogP contribution in [-0.4, -0.2) is 23.3 Å². The minimum atomic E-state index is -1.78. The van der Waals surface area contributed by atoms with Crippen molar-refractivity contribution < 1.29 is 14.7 Å². The molecule has 1 aromatic rings. The van der Waals surface area contributed by atoms with E-state index in [4.69, 9.17) is 6.42 Å². The Morgan fingerprint density at radius 2 is 2.17 bits per heavy atom. The van der Waals surface area contributed by atoms with Crippen LogP contribution in [0.3, 0.4) is 0 Å². The van der Waals surface area contributed by atoms with E-state index in [9.17, 15) is 14.7 Å². The molecule has 0 saturated carbocycles. The van der Waals surface area contributed by atoms with Gasteiger partial charge in [0.25, 0.3) is 5.91 Å². The number of nitrogens with zero attached hydrogens (tertiary/aromatic N) is 1. The molecule has 0 aromatic heterocycles. The van der Waals surface area contributed by atoms with Crippen molar-refractivity contribution >= 4 is 17.4 Å². The van der Waals surface area contributed by atoms with Crippen LogP contribution >= 0.6 is 0 Å². The second-order valence-electron chi connectivity index (χ2n) is 4.35. The summed E-state index contributed by atoms with van der Waals surface area (Å²) in [5.41, 5.74) is -0.760. The van der Waals surface area contributed by atoms with Crippen LogP contribution in [0.2, 0.25) is 0 Å². The maximum atomic E-state index is 12.2. The molecule has 0 radical (unpaired) electrons. The third-order valence-electron chi connectivity index (χ3n) is 2.99. The highest BCUT2D eigenvalue weighted by Gasteiger charge is 2.49. The Hall–Kier alpha value is -2.12. The first kappa shape index (κ1) is 12.3. The third kappa shape index (κ3) is 1.69. The molecule has 0 aliphatic carbocycles. The number of fused-ring (bicyclic) bond motifs is 1. The highest BCUT2D eigenvalue weighted by Crippen LogP contribution is 2.41. The summed E-state index contributed by atoms with van der Waals surface area (Å²) in [6, 6.07) is 6.83. The molecule has 1 atom stereocenters. The number of carbonyl (C=O) groups is 2. The van der Waals surface area contributed by atoms with Crippen molar-refractivity contribution in [3.05, 3.63) is 29.8 Å². The maximum absolute atomic E-state index is 12.2. The summed E-state index contributed by atoms with van der Waals surface area (Å²) >= 11 is 0. The van der Waals surface area contributed by atoms with Gasteiger partial charge >= 0.3 is 0 Å². The van der Waals surface area contributed by atoms with Crippen LogP contribution in [0, 0.1) is 12.3 Å². The molecule has 1 amide bonds. The van der Waals surface area contributed by atoms with Gasteiger partial charge in [-0.25, -0.2) is 0 Å². The number of para-hydroxylation sites is 1. The van der Waals surface area contributed by atoms with E-state index in [0.717, 1.165) is 0 Å². The summed E-state index contributed by atoms with van der Waals surface area (Å²) in [7, 11) is 0. The Bertz CT molecular complexity index is 558. The van der Waals surface area contributed by atoms with Gasteiger partial charge < -0.3 is 5.11 Å². The van der Waals surface area contributed by atoms with E-state index < -0.39 is 11.5 Å². The van der Waals surface area contributed by atoms with Crippen LogP contribution in [0.4, 0.5) is 5.69 Å². The number of ketones is 1. The van der Waals surface area contributed by atoms with Gasteiger partial charge in [-0.15, -0.1) is 6.42 Å². The van der Waals surface area contributed by atoms with E-state index in [1.807, 2.05) is 0 Å². The standard InChI is InChI=1S/C14H13NO3/c1-3-8-15-12-7-5-4-6-11(12)14(18,13(15)17)9-10(2)16/h1,4-7,18H,8-9H2,2H3. The predicted octanol–water partition coefficient (Wildman–Crippen LogP) is 0.833. The van der Waals surface area contributed by atoms with Gasteiger partial charge in [0.2, 0.25) is 0 Å². The molecule has 1 aromatic carbocycles. The number of hydrogen-bond donors (Lipinski definition) is 1. The van der Waals surface area contributed by atoms with Crippen molar-refractivity contribution in [1.29, 1.82) is 0 Å². The average Bonchev–Trinajstić information content (AvgIpc) is 2.52. The molecule has 4 heteroatoms. The SMILES string of the molecule is C#CCN1C(=O)C(O)(CC(C)=O)c2ccccc21. The number of hydrogen-bond acceptors (Lipinski definition) is 3. The van der Waals surface area contributed by atoms with Gasteiger partial charge in [0.15, 0.2) is 5.60 Å². The predicted molar refractivity (Wildman–Crippen MR) is 66.8 cm³/mol. The molecule has 18 heavy (non-hydrogen) atoms. The van der Waals surface area contributed by atoms with Crippen LogP contribution in [-0.2, 0) is 15.2 Å². The minimum Gasteiger partial charge on any atom is -0.375 e. The van der Waals surface area contributed by atoms with Crippen LogP contribution in [0.5, 0.6) is 0 Å². The van der Waals surface area contributed by atoms with Gasteiger partial charge in [-0.2, -0.15) is 0 Å². The second kappa shape index (κ2) is 4.28. The molecule has 1 unspecified atom stereocenters. The van der Waals surface area contributed by atoms with Gasteiger partial charge in [-0.3, -0.25) is 14.5 Å². The Labute approximate surface area is 105 Å². The number of rotatable bonds is 3. The summed E-state index contributed by atoms with van der Waals surface area (Å²) in [5.74, 6) is 1.60. The molecular weight excluding hydrogens is 230 g/mol. The topological polar surface area (TPSA) is 57.6 Å². The Balaban J connectivity index is 2.55. The number of carbonyl (C=O) groups excluding carboxylic acids is 2. The number of anilines is 1. The molecule has 92 valence electrons. The lowest BCUT2D eigenvalue weighted by Crippen LogP contribution is -2.41. The van der Waals surface area contributed by atoms with Gasteiger partial charge in [-0.05, 0) is 13.0 Å². The molecule has 1 aliphatic heterocycles. The van der Waals surface area contributed by atoms with Crippen molar-refractivity contribution in [3.63, 3.8) is 0 Å². The zero-order chi connectivity index (χ0) is 13.3. The van der Waals surface area contributed by atoms with Gasteiger partial charge in [0, 0.05) is 12.0 Å². The molecule has 1 heterocycles. The van der Waals surface area contributed by atoms with Crippen LogP contribution in [0.15, 0.2) is 24.3 Å². The monoisotopic (exact) mass is 243 g/mol. The number of aliphatic hydroxyl groups is 1. The first-order chi connectivity index (χ1) is 8.50. The van der Waals surface area contributed by atoms with Gasteiger partial charge in [0.05, 0.1) is 12.2 Å². The second-order valence-corrected chi connectivity index (χ2v) is 4.35. The number of terminal acetylenes is 1. The summed E-state index contributed by atoms with van der Waals surface area (Å²) in [6.07, 6.45) is 4.99. The van der Waals surface area contributed by atoms with E-state index in [1.54, 1.807) is 24.3 Å². The van der Waals surface area contributed by atoms with Gasteiger partial charge in [-0.1, -0.05) is 24.1 Å². The minimum absolute atomic E-state index is 0.0794. The molecule has 0 spiro atoms. The Morgan fingerprint density at radius 3 is 2.78 bits per heavy atom. The number of benzene rings is 1. The van der Waals surface area contributed by atoms with Crippen molar-refractivity contribution in [3.8, 4) is 12.3 Å². The van der Waals surface area contributed by atoms with Crippen LogP contribution in [0.25, 0.3) is 0 Å². The summed E-state index contributed by atoms with van der Waals surface area (Å²) < 4.78 is 0. The fraction of sp³-hybridized carbons (Fsp3) is 0.286. The number of amides is 1. The first-order valence-corrected chi connectivity index (χ1v) is 5.57. The lowest BCUT2D eigenvalue weighted by Gasteiger charge is -2.20. The quantitative estimate of drug-likeness (QED) is 0.800. The highest BCUT2D eigenvalue weighted by atomic mass is 16.3. The van der Waals surface area contributed by atoms with E-state index in [0.29, 0.717) is 11.3 Å². The molecule has 0 bridgehead atoms. The molecule has 0 fully saturated rings. The molecule has 2 rings (SSSR count). The van der Waals surface area contributed by atoms with Crippen LogP contribution in [0.1, 0.15) is 18.9 Å². The summed E-state index contributed by atoms with van der Waals surface area (Å²) in [5, 5.41) is 10.5. The van der Waals surface area contributed by atoms with E-state index >= 15 is 0 Å². The summed E-state index contributed by atoms with van der Waals surface area (Å²) in [6.45, 7) is 1.42. The van der Waals surface area contributed by atoms with Gasteiger partial charge in [0.1, 0.15) is 5.78 Å². The largest absolute Gasteiger partial charge is 0.375 e. The third-order valence-corrected chi connectivity index (χ3v) is 2.99. The smallest absolute Gasteiger partial charge is 0.265 e. The normalized spacial score (nSPS) is 21.6. The zero-order valence-electron chi connectivity index (χ0n) is 10.0. The van der Waals surface area contributed by atoms with Crippen molar-refractivity contribution in [2.45, 2.75) is 18.9 Å². The van der Waals surface area contributed by atoms with Crippen LogP contribution < -0.4 is 4.90 Å². The Morgan fingerprint density at radius 1 is 1.50 bits per heavy atom. The van der Waals surface area contributed by atoms with Crippen molar-refractivity contribution in [1.82, 2.24) is 0 Å². The lowest BCUT2D eigenvalue weighted by molar-refractivity contribution is -0.141. The van der Waals surface area contributed by atoms with E-state index in [1.165, 1.54) is 11.8 Å². The fourth-order valence-corrected chi connectivity index (χ4v) is 2.29. The highest BCUT2D eigenvalue weighted by molar-refractivity contribution is 6.09. The molecule has 1 N–H and O–H groups in total. The van der Waals surface area contributed by atoms with Crippen molar-refractivity contribution in [2.75, 3.05) is 11.4 Å². The lowest BCUT2D eigenvalue weighted by atomic mass is 9.90. The molecule has 1 aliphatic rings. The van der Waals surface area contributed by atoms with Crippen molar-refractivity contribution in [2.24, 2.45) is 0 Å². The molecule has 0 saturated heterocycles. The molecule has 4 nitrogen and oxygen atoms in total. The molecular formula is C14H13NO3. The van der Waals surface area contributed by atoms with E-state index in [-0.39, 0.29) is 18.7 Å². The maximum Gasteiger partial charge on any atom is 0.265 e. The zero-order valence-corrected chi connectivity index (χ0v) is 10.0. The average molecular weight is 243 g/mol. The fourth-order valence-electron chi connectivity index (χ4n) is 2.29. The Kier molecular flexibility index (Phi) is 2.93. The first-order valence-electron chi connectivity index (χ1n) is 5.57. The van der Waals surface area contributed by atoms with E-state index in [2.05, 4.69) is 5.92 Å².